The number of ether oxygens (including phenoxy) is 2. The molecule has 90 valence electrons. The summed E-state index contributed by atoms with van der Waals surface area (Å²) in [5.41, 5.74) is 7.28. The van der Waals surface area contributed by atoms with Crippen molar-refractivity contribution in [2.24, 2.45) is 11.7 Å². The third kappa shape index (κ3) is 3.51. The second-order valence-corrected chi connectivity index (χ2v) is 4.11. The highest BCUT2D eigenvalue weighted by molar-refractivity contribution is 5.33. The zero-order valence-electron chi connectivity index (χ0n) is 10.3. The first-order chi connectivity index (χ1) is 7.69. The molecule has 0 heterocycles. The maximum atomic E-state index is 6.12. The van der Waals surface area contributed by atoms with E-state index in [9.17, 15) is 0 Å². The first-order valence-electron chi connectivity index (χ1n) is 5.55. The Balaban J connectivity index is 2.64. The lowest BCUT2D eigenvalue weighted by Crippen LogP contribution is -2.33. The van der Waals surface area contributed by atoms with Crippen LogP contribution in [-0.4, -0.2) is 26.9 Å². The molecule has 16 heavy (non-hydrogen) atoms. The minimum absolute atomic E-state index is 0.0937. The van der Waals surface area contributed by atoms with Crippen molar-refractivity contribution < 1.29 is 9.47 Å². The molecule has 0 saturated heterocycles. The summed E-state index contributed by atoms with van der Waals surface area (Å²) in [6.07, 6.45) is 0.814. The molecule has 0 radical (unpaired) electrons. The quantitative estimate of drug-likeness (QED) is 0.800. The van der Waals surface area contributed by atoms with E-state index in [2.05, 4.69) is 13.0 Å². The average Bonchev–Trinajstić information content (AvgIpc) is 2.30. The molecular formula is C13H21NO2. The van der Waals surface area contributed by atoms with Gasteiger partial charge in [0.25, 0.3) is 0 Å². The van der Waals surface area contributed by atoms with Crippen LogP contribution in [0.15, 0.2) is 24.3 Å². The van der Waals surface area contributed by atoms with Crippen LogP contribution in [-0.2, 0) is 11.2 Å². The van der Waals surface area contributed by atoms with E-state index in [1.807, 2.05) is 18.2 Å². The Labute approximate surface area is 97.6 Å². The predicted octanol–water partition coefficient (Wildman–Crippen LogP) is 1.85. The molecule has 0 bridgehead atoms. The number of nitrogens with two attached hydrogens (primary N) is 1. The highest BCUT2D eigenvalue weighted by atomic mass is 16.5. The minimum atomic E-state index is 0.0937. The van der Waals surface area contributed by atoms with E-state index < -0.39 is 0 Å². The van der Waals surface area contributed by atoms with Gasteiger partial charge in [0.15, 0.2) is 0 Å². The summed E-state index contributed by atoms with van der Waals surface area (Å²) in [6.45, 7) is 2.79. The maximum absolute atomic E-state index is 6.12. The van der Waals surface area contributed by atoms with Crippen LogP contribution in [0, 0.1) is 5.92 Å². The molecule has 0 aliphatic heterocycles. The van der Waals surface area contributed by atoms with E-state index in [4.69, 9.17) is 15.2 Å². The van der Waals surface area contributed by atoms with Gasteiger partial charge in [0, 0.05) is 13.2 Å². The third-order valence-electron chi connectivity index (χ3n) is 2.81. The SMILES string of the molecule is COCC(C)C(N)Cc1ccccc1OC. The Hall–Kier alpha value is -1.06. The van der Waals surface area contributed by atoms with Crippen molar-refractivity contribution in [3.05, 3.63) is 29.8 Å². The van der Waals surface area contributed by atoms with Gasteiger partial charge in [-0.25, -0.2) is 0 Å². The van der Waals surface area contributed by atoms with Crippen LogP contribution in [0.1, 0.15) is 12.5 Å². The first kappa shape index (κ1) is 13.0. The van der Waals surface area contributed by atoms with Gasteiger partial charge in [-0.3, -0.25) is 0 Å². The number of hydrogen-bond acceptors (Lipinski definition) is 3. The fourth-order valence-corrected chi connectivity index (χ4v) is 1.71. The van der Waals surface area contributed by atoms with Crippen LogP contribution < -0.4 is 10.5 Å². The average molecular weight is 223 g/mol. The predicted molar refractivity (Wildman–Crippen MR) is 65.7 cm³/mol. The molecular weight excluding hydrogens is 202 g/mol. The fourth-order valence-electron chi connectivity index (χ4n) is 1.71. The molecule has 0 amide bonds. The van der Waals surface area contributed by atoms with Crippen molar-refractivity contribution in [3.63, 3.8) is 0 Å². The van der Waals surface area contributed by atoms with Crippen molar-refractivity contribution in [3.8, 4) is 5.75 Å². The lowest BCUT2D eigenvalue weighted by atomic mass is 9.96. The Morgan fingerprint density at radius 1 is 1.25 bits per heavy atom. The molecule has 1 aromatic carbocycles. The molecule has 0 aromatic heterocycles. The normalized spacial score (nSPS) is 14.5. The van der Waals surface area contributed by atoms with E-state index in [0.29, 0.717) is 12.5 Å². The van der Waals surface area contributed by atoms with Crippen LogP contribution in [0.25, 0.3) is 0 Å². The van der Waals surface area contributed by atoms with E-state index in [1.54, 1.807) is 14.2 Å². The van der Waals surface area contributed by atoms with Crippen LogP contribution in [0.2, 0.25) is 0 Å². The number of rotatable bonds is 6. The smallest absolute Gasteiger partial charge is 0.122 e. The molecule has 2 unspecified atom stereocenters. The lowest BCUT2D eigenvalue weighted by Gasteiger charge is -2.20. The van der Waals surface area contributed by atoms with Gasteiger partial charge in [-0.05, 0) is 24.0 Å². The molecule has 3 nitrogen and oxygen atoms in total. The summed E-state index contributed by atoms with van der Waals surface area (Å²) < 4.78 is 10.4. The number of para-hydroxylation sites is 1. The molecule has 0 spiro atoms. The van der Waals surface area contributed by atoms with Crippen LogP contribution in [0.4, 0.5) is 0 Å². The van der Waals surface area contributed by atoms with Gasteiger partial charge >= 0.3 is 0 Å². The summed E-state index contributed by atoms with van der Waals surface area (Å²) in [7, 11) is 3.38. The van der Waals surface area contributed by atoms with Gasteiger partial charge in [-0.2, -0.15) is 0 Å². The van der Waals surface area contributed by atoms with Crippen molar-refractivity contribution in [2.75, 3.05) is 20.8 Å². The van der Waals surface area contributed by atoms with Crippen molar-refractivity contribution in [2.45, 2.75) is 19.4 Å². The van der Waals surface area contributed by atoms with Crippen LogP contribution in [0.5, 0.6) is 5.75 Å². The monoisotopic (exact) mass is 223 g/mol. The molecule has 2 N–H and O–H groups in total. The zero-order valence-corrected chi connectivity index (χ0v) is 10.3. The first-order valence-corrected chi connectivity index (χ1v) is 5.55. The summed E-state index contributed by atoms with van der Waals surface area (Å²) in [5.74, 6) is 1.25. The second kappa shape index (κ2) is 6.51. The molecule has 0 aliphatic carbocycles. The summed E-state index contributed by atoms with van der Waals surface area (Å²) >= 11 is 0. The van der Waals surface area contributed by atoms with E-state index in [1.165, 1.54) is 0 Å². The van der Waals surface area contributed by atoms with Crippen molar-refractivity contribution in [1.29, 1.82) is 0 Å². The minimum Gasteiger partial charge on any atom is -0.496 e. The maximum Gasteiger partial charge on any atom is 0.122 e. The summed E-state index contributed by atoms with van der Waals surface area (Å²) in [5, 5.41) is 0. The number of hydrogen-bond donors (Lipinski definition) is 1. The molecule has 2 atom stereocenters. The topological polar surface area (TPSA) is 44.5 Å². The van der Waals surface area contributed by atoms with Gasteiger partial charge < -0.3 is 15.2 Å². The Bertz CT molecular complexity index is 315. The molecule has 0 saturated carbocycles. The number of methoxy groups -OCH3 is 2. The largest absolute Gasteiger partial charge is 0.496 e. The molecule has 3 heteroatoms. The summed E-state index contributed by atoms with van der Waals surface area (Å²) in [4.78, 5) is 0. The van der Waals surface area contributed by atoms with E-state index >= 15 is 0 Å². The van der Waals surface area contributed by atoms with Crippen LogP contribution in [0.3, 0.4) is 0 Å². The molecule has 1 aromatic rings. The highest BCUT2D eigenvalue weighted by Gasteiger charge is 2.14. The van der Waals surface area contributed by atoms with Gasteiger partial charge in [-0.15, -0.1) is 0 Å². The van der Waals surface area contributed by atoms with Gasteiger partial charge in [0.2, 0.25) is 0 Å². The lowest BCUT2D eigenvalue weighted by molar-refractivity contribution is 0.147. The van der Waals surface area contributed by atoms with Gasteiger partial charge in [0.05, 0.1) is 13.7 Å². The fraction of sp³-hybridized carbons (Fsp3) is 0.538. The number of benzene rings is 1. The van der Waals surface area contributed by atoms with Crippen LogP contribution >= 0.6 is 0 Å². The third-order valence-corrected chi connectivity index (χ3v) is 2.81. The molecule has 1 rings (SSSR count). The molecule has 0 fully saturated rings. The summed E-state index contributed by atoms with van der Waals surface area (Å²) in [6, 6.07) is 8.08. The Morgan fingerprint density at radius 2 is 1.94 bits per heavy atom. The Morgan fingerprint density at radius 3 is 2.56 bits per heavy atom. The highest BCUT2D eigenvalue weighted by Crippen LogP contribution is 2.20. The van der Waals surface area contributed by atoms with Gasteiger partial charge in [-0.1, -0.05) is 25.1 Å². The van der Waals surface area contributed by atoms with Gasteiger partial charge in [0.1, 0.15) is 5.75 Å². The molecule has 0 aliphatic rings. The van der Waals surface area contributed by atoms with Crippen molar-refractivity contribution >= 4 is 0 Å². The van der Waals surface area contributed by atoms with E-state index in [0.717, 1.165) is 17.7 Å². The Kier molecular flexibility index (Phi) is 5.29. The van der Waals surface area contributed by atoms with E-state index in [-0.39, 0.29) is 6.04 Å². The zero-order chi connectivity index (χ0) is 12.0. The second-order valence-electron chi connectivity index (χ2n) is 4.11. The van der Waals surface area contributed by atoms with Crippen molar-refractivity contribution in [1.82, 2.24) is 0 Å². The standard InChI is InChI=1S/C13H21NO2/c1-10(9-15-2)12(14)8-11-6-4-5-7-13(11)16-3/h4-7,10,12H,8-9,14H2,1-3H3.